The molecule has 0 heterocycles. The monoisotopic (exact) mass is 229 g/mol. The Balaban J connectivity index is 1.66. The fourth-order valence-corrected chi connectivity index (χ4v) is 2.69. The highest BCUT2D eigenvalue weighted by atomic mass is 15.0. The van der Waals surface area contributed by atoms with Gasteiger partial charge in [0.2, 0.25) is 0 Å². The molecule has 2 fully saturated rings. The van der Waals surface area contributed by atoms with E-state index in [1.165, 1.54) is 36.9 Å². The molecule has 2 saturated carbocycles. The van der Waals surface area contributed by atoms with Crippen molar-refractivity contribution in [2.24, 2.45) is 11.8 Å². The second-order valence-electron chi connectivity index (χ2n) is 6.12. The van der Waals surface area contributed by atoms with E-state index in [9.17, 15) is 0 Å². The predicted molar refractivity (Wildman–Crippen MR) is 73.4 cm³/mol. The summed E-state index contributed by atoms with van der Waals surface area (Å²) in [5.41, 5.74) is 2.75. The van der Waals surface area contributed by atoms with Crippen LogP contribution in [0.2, 0.25) is 0 Å². The van der Waals surface area contributed by atoms with Crippen molar-refractivity contribution in [3.63, 3.8) is 0 Å². The Labute approximate surface area is 105 Å². The minimum absolute atomic E-state index is 0.631. The molecule has 1 heteroatoms. The first-order valence-corrected chi connectivity index (χ1v) is 7.10. The maximum Gasteiger partial charge on any atom is 0.0342 e. The Morgan fingerprint density at radius 3 is 1.88 bits per heavy atom. The number of anilines is 1. The lowest BCUT2D eigenvalue weighted by Gasteiger charge is -2.19. The molecule has 1 aromatic rings. The summed E-state index contributed by atoms with van der Waals surface area (Å²) in [7, 11) is 0. The molecule has 0 bridgehead atoms. The van der Waals surface area contributed by atoms with Gasteiger partial charge in [0.15, 0.2) is 0 Å². The van der Waals surface area contributed by atoms with Crippen LogP contribution in [0.5, 0.6) is 0 Å². The van der Waals surface area contributed by atoms with Crippen LogP contribution in [-0.2, 0) is 0 Å². The van der Waals surface area contributed by atoms with Gasteiger partial charge >= 0.3 is 0 Å². The van der Waals surface area contributed by atoms with Gasteiger partial charge in [0.1, 0.15) is 0 Å². The minimum Gasteiger partial charge on any atom is -0.382 e. The lowest BCUT2D eigenvalue weighted by atomic mass is 10.0. The van der Waals surface area contributed by atoms with Crippen molar-refractivity contribution in [1.29, 1.82) is 0 Å². The molecule has 0 aromatic heterocycles. The molecule has 1 N–H and O–H groups in total. The van der Waals surface area contributed by atoms with Crippen molar-refractivity contribution < 1.29 is 0 Å². The Kier molecular flexibility index (Phi) is 2.85. The maximum absolute atomic E-state index is 3.77. The number of benzene rings is 1. The van der Waals surface area contributed by atoms with E-state index in [0.29, 0.717) is 5.92 Å². The predicted octanol–water partition coefficient (Wildman–Crippen LogP) is 4.41. The first-order chi connectivity index (χ1) is 8.24. The third-order valence-corrected chi connectivity index (χ3v) is 4.17. The number of hydrogen-bond donors (Lipinski definition) is 1. The molecule has 17 heavy (non-hydrogen) atoms. The molecule has 2 aliphatic carbocycles. The van der Waals surface area contributed by atoms with Crippen LogP contribution >= 0.6 is 0 Å². The van der Waals surface area contributed by atoms with E-state index < -0.39 is 0 Å². The largest absolute Gasteiger partial charge is 0.382 e. The van der Waals surface area contributed by atoms with Gasteiger partial charge in [-0.15, -0.1) is 0 Å². The van der Waals surface area contributed by atoms with Crippen LogP contribution in [0.4, 0.5) is 5.69 Å². The summed E-state index contributed by atoms with van der Waals surface area (Å²) in [4.78, 5) is 0. The van der Waals surface area contributed by atoms with Gasteiger partial charge in [-0.1, -0.05) is 26.0 Å². The average Bonchev–Trinajstić information content (AvgIpc) is 3.17. The van der Waals surface area contributed by atoms with Gasteiger partial charge in [-0.2, -0.15) is 0 Å². The van der Waals surface area contributed by atoms with Crippen LogP contribution < -0.4 is 5.32 Å². The van der Waals surface area contributed by atoms with E-state index in [2.05, 4.69) is 43.4 Å². The Bertz CT molecular complexity index is 359. The third kappa shape index (κ3) is 2.65. The van der Waals surface area contributed by atoms with E-state index >= 15 is 0 Å². The van der Waals surface area contributed by atoms with Gasteiger partial charge in [-0.05, 0) is 61.1 Å². The SMILES string of the molecule is CC(C)c1ccc(NC(C2CC2)C2CC2)cc1. The topological polar surface area (TPSA) is 12.0 Å². The standard InChI is InChI=1S/C16H23N/c1-11(2)12-7-9-15(10-8-12)17-16(13-3-4-13)14-5-6-14/h7-11,13-14,16-17H,3-6H2,1-2H3. The Hall–Kier alpha value is -0.980. The third-order valence-electron chi connectivity index (χ3n) is 4.17. The summed E-state index contributed by atoms with van der Waals surface area (Å²) in [5.74, 6) is 2.56. The summed E-state index contributed by atoms with van der Waals surface area (Å²) >= 11 is 0. The van der Waals surface area contributed by atoms with Crippen molar-refractivity contribution in [3.8, 4) is 0 Å². The van der Waals surface area contributed by atoms with Crippen LogP contribution in [0.1, 0.15) is 51.0 Å². The van der Waals surface area contributed by atoms with E-state index in [1.54, 1.807) is 0 Å². The quantitative estimate of drug-likeness (QED) is 0.788. The molecule has 1 aromatic carbocycles. The molecule has 92 valence electrons. The molecule has 0 atom stereocenters. The lowest BCUT2D eigenvalue weighted by Crippen LogP contribution is -2.24. The van der Waals surface area contributed by atoms with Gasteiger partial charge in [-0.3, -0.25) is 0 Å². The van der Waals surface area contributed by atoms with Crippen molar-refractivity contribution in [3.05, 3.63) is 29.8 Å². The van der Waals surface area contributed by atoms with Crippen LogP contribution in [0.25, 0.3) is 0 Å². The molecule has 1 nitrogen and oxygen atoms in total. The second-order valence-corrected chi connectivity index (χ2v) is 6.12. The highest BCUT2D eigenvalue weighted by Gasteiger charge is 2.41. The van der Waals surface area contributed by atoms with E-state index in [4.69, 9.17) is 0 Å². The fraction of sp³-hybridized carbons (Fsp3) is 0.625. The van der Waals surface area contributed by atoms with Crippen molar-refractivity contribution >= 4 is 5.69 Å². The highest BCUT2D eigenvalue weighted by Crippen LogP contribution is 2.45. The van der Waals surface area contributed by atoms with Gasteiger partial charge in [-0.25, -0.2) is 0 Å². The molecular formula is C16H23N. The van der Waals surface area contributed by atoms with Gasteiger partial charge in [0, 0.05) is 11.7 Å². The normalized spacial score (nSPS) is 20.0. The molecule has 2 aliphatic rings. The number of rotatable bonds is 5. The first kappa shape index (κ1) is 11.1. The summed E-state index contributed by atoms with van der Waals surface area (Å²) in [6, 6.07) is 9.81. The van der Waals surface area contributed by atoms with Crippen LogP contribution in [-0.4, -0.2) is 6.04 Å². The zero-order chi connectivity index (χ0) is 11.8. The van der Waals surface area contributed by atoms with Crippen LogP contribution in [0, 0.1) is 11.8 Å². The zero-order valence-electron chi connectivity index (χ0n) is 10.9. The first-order valence-electron chi connectivity index (χ1n) is 7.10. The molecule has 0 spiro atoms. The highest BCUT2D eigenvalue weighted by molar-refractivity contribution is 5.46. The average molecular weight is 229 g/mol. The van der Waals surface area contributed by atoms with Crippen LogP contribution in [0.3, 0.4) is 0 Å². The molecule has 0 amide bonds. The lowest BCUT2D eigenvalue weighted by molar-refractivity contribution is 0.568. The molecular weight excluding hydrogens is 206 g/mol. The van der Waals surface area contributed by atoms with Crippen molar-refractivity contribution in [2.45, 2.75) is 51.5 Å². The molecule has 0 radical (unpaired) electrons. The molecule has 0 unspecified atom stereocenters. The second kappa shape index (κ2) is 4.36. The van der Waals surface area contributed by atoms with Crippen molar-refractivity contribution in [1.82, 2.24) is 0 Å². The van der Waals surface area contributed by atoms with Gasteiger partial charge < -0.3 is 5.32 Å². The zero-order valence-corrected chi connectivity index (χ0v) is 10.9. The van der Waals surface area contributed by atoms with E-state index in [1.807, 2.05) is 0 Å². The maximum atomic E-state index is 3.77. The summed E-state index contributed by atoms with van der Waals surface area (Å²) in [6.07, 6.45) is 5.77. The molecule has 0 aliphatic heterocycles. The fourth-order valence-electron chi connectivity index (χ4n) is 2.69. The summed E-state index contributed by atoms with van der Waals surface area (Å²) in [5, 5.41) is 3.77. The molecule has 3 rings (SSSR count). The smallest absolute Gasteiger partial charge is 0.0342 e. The molecule has 0 saturated heterocycles. The minimum atomic E-state index is 0.631. The van der Waals surface area contributed by atoms with Gasteiger partial charge in [0.25, 0.3) is 0 Å². The number of hydrogen-bond acceptors (Lipinski definition) is 1. The van der Waals surface area contributed by atoms with E-state index in [-0.39, 0.29) is 0 Å². The van der Waals surface area contributed by atoms with Crippen molar-refractivity contribution in [2.75, 3.05) is 5.32 Å². The van der Waals surface area contributed by atoms with E-state index in [0.717, 1.165) is 17.9 Å². The van der Waals surface area contributed by atoms with Crippen LogP contribution in [0.15, 0.2) is 24.3 Å². The Morgan fingerprint density at radius 1 is 0.941 bits per heavy atom. The summed E-state index contributed by atoms with van der Waals surface area (Å²) in [6.45, 7) is 4.50. The van der Waals surface area contributed by atoms with Gasteiger partial charge in [0.05, 0.1) is 0 Å². The number of nitrogens with one attached hydrogen (secondary N) is 1. The summed E-state index contributed by atoms with van der Waals surface area (Å²) < 4.78 is 0. The Morgan fingerprint density at radius 2 is 1.47 bits per heavy atom.